The van der Waals surface area contributed by atoms with Gasteiger partial charge < -0.3 is 10.2 Å². The SMILES string of the molecule is CCN1CCc2c(-c3ccccc3)cc3c(c2C1)NC(=O)C3=CN(C)C. The molecule has 2 aromatic rings. The minimum Gasteiger partial charge on any atom is -0.383 e. The zero-order chi connectivity index (χ0) is 18.3. The number of amides is 1. The van der Waals surface area contributed by atoms with Gasteiger partial charge in [-0.25, -0.2) is 0 Å². The zero-order valence-corrected chi connectivity index (χ0v) is 15.7. The van der Waals surface area contributed by atoms with Crippen LogP contribution in [-0.2, 0) is 17.8 Å². The Hall–Kier alpha value is -2.59. The average molecular weight is 347 g/mol. The molecular formula is C22H25N3O. The largest absolute Gasteiger partial charge is 0.383 e. The number of hydrogen-bond donors (Lipinski definition) is 1. The van der Waals surface area contributed by atoms with Gasteiger partial charge in [0.25, 0.3) is 5.91 Å². The second-order valence-corrected chi connectivity index (χ2v) is 7.25. The number of likely N-dealkylation sites (N-methyl/N-ethyl adjacent to an activating group) is 1. The van der Waals surface area contributed by atoms with Crippen LogP contribution < -0.4 is 5.32 Å². The Morgan fingerprint density at radius 3 is 2.62 bits per heavy atom. The molecule has 0 saturated heterocycles. The van der Waals surface area contributed by atoms with Crippen molar-refractivity contribution < 1.29 is 4.79 Å². The fraction of sp³-hybridized carbons (Fsp3) is 0.318. The number of benzene rings is 2. The Bertz CT molecular complexity index is 884. The minimum absolute atomic E-state index is 0.00488. The average Bonchev–Trinajstić information content (AvgIpc) is 2.96. The fourth-order valence-corrected chi connectivity index (χ4v) is 4.00. The van der Waals surface area contributed by atoms with Crippen LogP contribution in [0.1, 0.15) is 23.6 Å². The lowest BCUT2D eigenvalue weighted by molar-refractivity contribution is -0.110. The standard InChI is InChI=1S/C22H25N3O/c1-4-25-11-10-16-17(15-8-6-5-7-9-15)12-18-20(13-24(2)3)22(26)23-21(18)19(16)14-25/h5-9,12-13H,4,10-11,14H2,1-3H3,(H,23,26). The van der Waals surface area contributed by atoms with Crippen LogP contribution in [-0.4, -0.2) is 42.9 Å². The van der Waals surface area contributed by atoms with Gasteiger partial charge in [0.2, 0.25) is 0 Å². The topological polar surface area (TPSA) is 35.6 Å². The predicted molar refractivity (Wildman–Crippen MR) is 107 cm³/mol. The number of fused-ring (bicyclic) bond motifs is 3. The van der Waals surface area contributed by atoms with Crippen LogP contribution in [0.4, 0.5) is 5.69 Å². The maximum Gasteiger partial charge on any atom is 0.257 e. The molecule has 0 saturated carbocycles. The molecule has 134 valence electrons. The molecule has 0 bridgehead atoms. The number of carbonyl (C=O) groups is 1. The molecule has 4 heteroatoms. The number of hydrogen-bond acceptors (Lipinski definition) is 3. The third-order valence-electron chi connectivity index (χ3n) is 5.30. The third-order valence-corrected chi connectivity index (χ3v) is 5.30. The van der Waals surface area contributed by atoms with Crippen molar-refractivity contribution in [3.05, 3.63) is 59.3 Å². The molecule has 0 atom stereocenters. The molecule has 4 rings (SSSR count). The van der Waals surface area contributed by atoms with E-state index in [4.69, 9.17) is 0 Å². The normalized spacial score (nSPS) is 17.8. The van der Waals surface area contributed by atoms with Gasteiger partial charge in [-0.3, -0.25) is 9.69 Å². The summed E-state index contributed by atoms with van der Waals surface area (Å²) in [4.78, 5) is 17.0. The Morgan fingerprint density at radius 2 is 1.92 bits per heavy atom. The van der Waals surface area contributed by atoms with Crippen molar-refractivity contribution in [2.75, 3.05) is 32.5 Å². The molecular weight excluding hydrogens is 322 g/mol. The van der Waals surface area contributed by atoms with E-state index in [1.54, 1.807) is 0 Å². The van der Waals surface area contributed by atoms with Gasteiger partial charge in [-0.05, 0) is 41.3 Å². The van der Waals surface area contributed by atoms with E-state index >= 15 is 0 Å². The van der Waals surface area contributed by atoms with Crippen LogP contribution in [0.25, 0.3) is 16.7 Å². The van der Waals surface area contributed by atoms with Gasteiger partial charge in [0.1, 0.15) is 0 Å². The maximum absolute atomic E-state index is 12.6. The number of nitrogens with one attached hydrogen (secondary N) is 1. The lowest BCUT2D eigenvalue weighted by Gasteiger charge is -2.31. The first kappa shape index (κ1) is 16.9. The van der Waals surface area contributed by atoms with Gasteiger partial charge in [-0.1, -0.05) is 37.3 Å². The molecule has 0 radical (unpaired) electrons. The number of carbonyl (C=O) groups excluding carboxylic acids is 1. The lowest BCUT2D eigenvalue weighted by Crippen LogP contribution is -2.31. The summed E-state index contributed by atoms with van der Waals surface area (Å²) >= 11 is 0. The smallest absolute Gasteiger partial charge is 0.257 e. The number of nitrogens with zero attached hydrogens (tertiary/aromatic N) is 2. The molecule has 2 aliphatic heterocycles. The molecule has 0 aliphatic carbocycles. The van der Waals surface area contributed by atoms with Gasteiger partial charge in [-0.2, -0.15) is 0 Å². The highest BCUT2D eigenvalue weighted by Crippen LogP contribution is 2.43. The molecule has 2 heterocycles. The summed E-state index contributed by atoms with van der Waals surface area (Å²) in [6.45, 7) is 5.18. The summed E-state index contributed by atoms with van der Waals surface area (Å²) in [5.41, 5.74) is 7.93. The van der Waals surface area contributed by atoms with Crippen LogP contribution in [0, 0.1) is 0 Å². The van der Waals surface area contributed by atoms with Gasteiger partial charge in [0, 0.05) is 38.9 Å². The second-order valence-electron chi connectivity index (χ2n) is 7.25. The second kappa shape index (κ2) is 6.61. The van der Waals surface area contributed by atoms with E-state index in [9.17, 15) is 4.79 Å². The van der Waals surface area contributed by atoms with Crippen LogP contribution >= 0.6 is 0 Å². The lowest BCUT2D eigenvalue weighted by atomic mass is 9.86. The quantitative estimate of drug-likeness (QED) is 0.862. The van der Waals surface area contributed by atoms with E-state index in [0.29, 0.717) is 0 Å². The zero-order valence-electron chi connectivity index (χ0n) is 15.7. The molecule has 0 unspecified atom stereocenters. The minimum atomic E-state index is -0.00488. The molecule has 1 amide bonds. The third kappa shape index (κ3) is 2.80. The van der Waals surface area contributed by atoms with Crippen molar-refractivity contribution in [3.63, 3.8) is 0 Å². The summed E-state index contributed by atoms with van der Waals surface area (Å²) < 4.78 is 0. The Morgan fingerprint density at radius 1 is 1.15 bits per heavy atom. The highest BCUT2D eigenvalue weighted by Gasteiger charge is 2.32. The maximum atomic E-state index is 12.6. The van der Waals surface area contributed by atoms with E-state index in [1.807, 2.05) is 31.3 Å². The van der Waals surface area contributed by atoms with E-state index in [0.717, 1.165) is 42.9 Å². The van der Waals surface area contributed by atoms with Crippen molar-refractivity contribution in [3.8, 4) is 11.1 Å². The molecule has 1 N–H and O–H groups in total. The fourth-order valence-electron chi connectivity index (χ4n) is 4.00. The van der Waals surface area contributed by atoms with Crippen molar-refractivity contribution in [2.24, 2.45) is 0 Å². The van der Waals surface area contributed by atoms with E-state index in [1.165, 1.54) is 22.3 Å². The predicted octanol–water partition coefficient (Wildman–Crippen LogP) is 3.59. The first-order valence-electron chi connectivity index (χ1n) is 9.25. The summed E-state index contributed by atoms with van der Waals surface area (Å²) in [5, 5.41) is 3.14. The van der Waals surface area contributed by atoms with Crippen molar-refractivity contribution in [1.29, 1.82) is 0 Å². The first-order chi connectivity index (χ1) is 12.6. The van der Waals surface area contributed by atoms with Crippen LogP contribution in [0.3, 0.4) is 0 Å². The summed E-state index contributed by atoms with van der Waals surface area (Å²) in [5.74, 6) is -0.00488. The van der Waals surface area contributed by atoms with Gasteiger partial charge in [-0.15, -0.1) is 0 Å². The summed E-state index contributed by atoms with van der Waals surface area (Å²) in [6.07, 6.45) is 2.94. The van der Waals surface area contributed by atoms with Crippen LogP contribution in [0.15, 0.2) is 42.6 Å². The molecule has 0 fully saturated rings. The summed E-state index contributed by atoms with van der Waals surface area (Å²) in [6, 6.07) is 12.7. The number of rotatable bonds is 3. The molecule has 2 aliphatic rings. The highest BCUT2D eigenvalue weighted by atomic mass is 16.2. The van der Waals surface area contributed by atoms with Gasteiger partial charge >= 0.3 is 0 Å². The van der Waals surface area contributed by atoms with Crippen molar-refractivity contribution in [1.82, 2.24) is 9.80 Å². The number of anilines is 1. The summed E-state index contributed by atoms with van der Waals surface area (Å²) in [7, 11) is 3.90. The van der Waals surface area contributed by atoms with Crippen molar-refractivity contribution in [2.45, 2.75) is 19.9 Å². The molecule has 0 aromatic heterocycles. The first-order valence-corrected chi connectivity index (χ1v) is 9.25. The van der Waals surface area contributed by atoms with E-state index in [2.05, 4.69) is 47.5 Å². The van der Waals surface area contributed by atoms with E-state index in [-0.39, 0.29) is 5.91 Å². The van der Waals surface area contributed by atoms with Crippen LogP contribution in [0.5, 0.6) is 0 Å². The Kier molecular flexibility index (Phi) is 4.29. The van der Waals surface area contributed by atoms with Gasteiger partial charge in [0.15, 0.2) is 0 Å². The van der Waals surface area contributed by atoms with Crippen LogP contribution in [0.2, 0.25) is 0 Å². The Labute approximate surface area is 155 Å². The van der Waals surface area contributed by atoms with Gasteiger partial charge in [0.05, 0.1) is 11.3 Å². The molecule has 4 nitrogen and oxygen atoms in total. The monoisotopic (exact) mass is 347 g/mol. The Balaban J connectivity index is 1.95. The molecule has 26 heavy (non-hydrogen) atoms. The molecule has 0 spiro atoms. The van der Waals surface area contributed by atoms with Crippen molar-refractivity contribution >= 4 is 17.2 Å². The van der Waals surface area contributed by atoms with E-state index < -0.39 is 0 Å². The molecule has 2 aromatic carbocycles. The highest BCUT2D eigenvalue weighted by molar-refractivity contribution is 6.32.